The third kappa shape index (κ3) is 4.24. The van der Waals surface area contributed by atoms with E-state index in [4.69, 9.17) is 4.74 Å². The molecule has 1 N–H and O–H groups in total. The van der Waals surface area contributed by atoms with Crippen molar-refractivity contribution in [3.05, 3.63) is 50.9 Å². The first-order valence-electron chi connectivity index (χ1n) is 9.50. The molecule has 1 aromatic heterocycles. The number of hydrogen-bond donors (Lipinski definition) is 1. The average molecular weight is 386 g/mol. The van der Waals surface area contributed by atoms with Gasteiger partial charge >= 0.3 is 5.97 Å². The molecule has 1 heterocycles. The Morgan fingerprint density at radius 1 is 1.22 bits per heavy atom. The molecule has 5 heteroatoms. The van der Waals surface area contributed by atoms with Gasteiger partial charge in [0, 0.05) is 10.4 Å². The SMILES string of the molecule is Cc1ccc(C(=O)Nc2sc3c(c2C(=O)OC(C)C)CCC(C)C3)cc1C. The van der Waals surface area contributed by atoms with Crippen LogP contribution in [0.4, 0.5) is 5.00 Å². The Kier molecular flexibility index (Phi) is 5.70. The Hall–Kier alpha value is -2.14. The van der Waals surface area contributed by atoms with E-state index in [0.29, 0.717) is 22.0 Å². The van der Waals surface area contributed by atoms with Gasteiger partial charge in [-0.15, -0.1) is 11.3 Å². The van der Waals surface area contributed by atoms with Crippen molar-refractivity contribution in [3.63, 3.8) is 0 Å². The van der Waals surface area contributed by atoms with Gasteiger partial charge in [0.2, 0.25) is 0 Å². The summed E-state index contributed by atoms with van der Waals surface area (Å²) in [6.45, 7) is 9.91. The van der Waals surface area contributed by atoms with Crippen LogP contribution in [0.1, 0.15) is 69.5 Å². The first kappa shape index (κ1) is 19.6. The molecule has 1 unspecified atom stereocenters. The number of ether oxygens (including phenoxy) is 1. The van der Waals surface area contributed by atoms with Crippen molar-refractivity contribution >= 4 is 28.2 Å². The molecule has 27 heavy (non-hydrogen) atoms. The van der Waals surface area contributed by atoms with E-state index in [1.165, 1.54) is 16.2 Å². The first-order chi connectivity index (χ1) is 12.8. The van der Waals surface area contributed by atoms with E-state index < -0.39 is 0 Å². The third-order valence-corrected chi connectivity index (χ3v) is 6.22. The lowest BCUT2D eigenvalue weighted by Crippen LogP contribution is -2.18. The molecule has 1 atom stereocenters. The summed E-state index contributed by atoms with van der Waals surface area (Å²) in [5.74, 6) is 0.0594. The molecule has 2 aromatic rings. The number of amides is 1. The van der Waals surface area contributed by atoms with Crippen molar-refractivity contribution in [2.45, 2.75) is 60.0 Å². The van der Waals surface area contributed by atoms with Gasteiger partial charge < -0.3 is 10.1 Å². The van der Waals surface area contributed by atoms with E-state index in [1.807, 2.05) is 45.9 Å². The van der Waals surface area contributed by atoms with Gasteiger partial charge in [0.1, 0.15) is 5.00 Å². The molecule has 1 aromatic carbocycles. The summed E-state index contributed by atoms with van der Waals surface area (Å²) < 4.78 is 5.47. The van der Waals surface area contributed by atoms with Gasteiger partial charge in [-0.25, -0.2) is 4.79 Å². The van der Waals surface area contributed by atoms with Crippen LogP contribution in [0.2, 0.25) is 0 Å². The lowest BCUT2D eigenvalue weighted by atomic mass is 9.88. The highest BCUT2D eigenvalue weighted by Gasteiger charge is 2.29. The smallest absolute Gasteiger partial charge is 0.341 e. The fraction of sp³-hybridized carbons (Fsp3) is 0.455. The molecular weight excluding hydrogens is 358 g/mol. The van der Waals surface area contributed by atoms with E-state index in [-0.39, 0.29) is 18.0 Å². The third-order valence-electron chi connectivity index (χ3n) is 5.05. The molecule has 4 nitrogen and oxygen atoms in total. The number of benzene rings is 1. The number of anilines is 1. The maximum atomic E-state index is 12.8. The van der Waals surface area contributed by atoms with Gasteiger partial charge in [0.15, 0.2) is 0 Å². The second-order valence-electron chi connectivity index (χ2n) is 7.76. The number of rotatable bonds is 4. The molecule has 0 bridgehead atoms. The van der Waals surface area contributed by atoms with Crippen LogP contribution in [0, 0.1) is 19.8 Å². The summed E-state index contributed by atoms with van der Waals surface area (Å²) in [7, 11) is 0. The maximum Gasteiger partial charge on any atom is 0.341 e. The van der Waals surface area contributed by atoms with Crippen molar-refractivity contribution < 1.29 is 14.3 Å². The van der Waals surface area contributed by atoms with Crippen LogP contribution in [0.5, 0.6) is 0 Å². The first-order valence-corrected chi connectivity index (χ1v) is 10.3. The molecule has 0 saturated heterocycles. The van der Waals surface area contributed by atoms with Crippen LogP contribution < -0.4 is 5.32 Å². The van der Waals surface area contributed by atoms with E-state index in [0.717, 1.165) is 36.0 Å². The highest BCUT2D eigenvalue weighted by atomic mass is 32.1. The van der Waals surface area contributed by atoms with Crippen molar-refractivity contribution in [3.8, 4) is 0 Å². The summed E-state index contributed by atoms with van der Waals surface area (Å²) in [6, 6.07) is 5.64. The summed E-state index contributed by atoms with van der Waals surface area (Å²) in [5, 5.41) is 3.59. The molecule has 0 fully saturated rings. The Bertz CT molecular complexity index is 882. The Morgan fingerprint density at radius 2 is 1.96 bits per heavy atom. The summed E-state index contributed by atoms with van der Waals surface area (Å²) >= 11 is 1.52. The molecular formula is C22H27NO3S. The number of aryl methyl sites for hydroxylation is 2. The lowest BCUT2D eigenvalue weighted by molar-refractivity contribution is 0.0378. The Morgan fingerprint density at radius 3 is 2.63 bits per heavy atom. The normalized spacial score (nSPS) is 16.1. The van der Waals surface area contributed by atoms with Crippen LogP contribution in [0.25, 0.3) is 0 Å². The van der Waals surface area contributed by atoms with E-state index in [2.05, 4.69) is 12.2 Å². The molecule has 1 aliphatic carbocycles. The second-order valence-corrected chi connectivity index (χ2v) is 8.87. The molecule has 0 aliphatic heterocycles. The number of carbonyl (C=O) groups is 2. The molecule has 0 spiro atoms. The van der Waals surface area contributed by atoms with Gasteiger partial charge in [-0.1, -0.05) is 13.0 Å². The van der Waals surface area contributed by atoms with Crippen LogP contribution in [0.3, 0.4) is 0 Å². The molecule has 144 valence electrons. The molecule has 1 amide bonds. The fourth-order valence-electron chi connectivity index (χ4n) is 3.39. The van der Waals surface area contributed by atoms with Crippen molar-refractivity contribution in [2.24, 2.45) is 5.92 Å². The van der Waals surface area contributed by atoms with Crippen molar-refractivity contribution in [1.82, 2.24) is 0 Å². The second kappa shape index (κ2) is 7.85. The number of nitrogens with one attached hydrogen (secondary N) is 1. The molecule has 1 aliphatic rings. The highest BCUT2D eigenvalue weighted by Crippen LogP contribution is 2.40. The zero-order chi connectivity index (χ0) is 19.7. The van der Waals surface area contributed by atoms with Gasteiger partial charge in [-0.05, 0) is 81.7 Å². The molecule has 0 saturated carbocycles. The zero-order valence-corrected chi connectivity index (χ0v) is 17.5. The fourth-order valence-corrected chi connectivity index (χ4v) is 4.78. The summed E-state index contributed by atoms with van der Waals surface area (Å²) in [5.41, 5.74) is 4.42. The lowest BCUT2D eigenvalue weighted by Gasteiger charge is -2.18. The number of carbonyl (C=O) groups excluding carboxylic acids is 2. The Labute approximate surface area is 164 Å². The van der Waals surface area contributed by atoms with E-state index in [1.54, 1.807) is 0 Å². The van der Waals surface area contributed by atoms with Crippen LogP contribution in [0.15, 0.2) is 18.2 Å². The average Bonchev–Trinajstić information content (AvgIpc) is 2.93. The zero-order valence-electron chi connectivity index (χ0n) is 16.6. The number of esters is 1. The van der Waals surface area contributed by atoms with Gasteiger partial charge in [-0.2, -0.15) is 0 Å². The number of fused-ring (bicyclic) bond motifs is 1. The molecule has 0 radical (unpaired) electrons. The van der Waals surface area contributed by atoms with Gasteiger partial charge in [0.05, 0.1) is 11.7 Å². The monoisotopic (exact) mass is 385 g/mol. The number of hydrogen-bond acceptors (Lipinski definition) is 4. The standard InChI is InChI=1S/C22H27NO3S/c1-12(2)26-22(25)19-17-9-6-13(3)10-18(17)27-21(19)23-20(24)16-8-7-14(4)15(5)11-16/h7-8,11-13H,6,9-10H2,1-5H3,(H,23,24). The predicted molar refractivity (Wildman–Crippen MR) is 110 cm³/mol. The van der Waals surface area contributed by atoms with Crippen LogP contribution >= 0.6 is 11.3 Å². The van der Waals surface area contributed by atoms with Gasteiger partial charge in [0.25, 0.3) is 5.91 Å². The minimum atomic E-state index is -0.340. The van der Waals surface area contributed by atoms with Crippen molar-refractivity contribution in [1.29, 1.82) is 0 Å². The minimum Gasteiger partial charge on any atom is -0.459 e. The molecule has 3 rings (SSSR count). The van der Waals surface area contributed by atoms with Crippen LogP contribution in [-0.4, -0.2) is 18.0 Å². The summed E-state index contributed by atoms with van der Waals surface area (Å²) in [4.78, 5) is 26.7. The van der Waals surface area contributed by atoms with Crippen molar-refractivity contribution in [2.75, 3.05) is 5.32 Å². The maximum absolute atomic E-state index is 12.8. The number of thiophene rings is 1. The Balaban J connectivity index is 1.95. The topological polar surface area (TPSA) is 55.4 Å². The minimum absolute atomic E-state index is 0.191. The highest BCUT2D eigenvalue weighted by molar-refractivity contribution is 7.17. The van der Waals surface area contributed by atoms with E-state index in [9.17, 15) is 9.59 Å². The van der Waals surface area contributed by atoms with Crippen LogP contribution in [-0.2, 0) is 17.6 Å². The van der Waals surface area contributed by atoms with E-state index >= 15 is 0 Å². The van der Waals surface area contributed by atoms with Gasteiger partial charge in [-0.3, -0.25) is 4.79 Å². The predicted octanol–water partition coefficient (Wildman–Crippen LogP) is 5.31. The quantitative estimate of drug-likeness (QED) is 0.726. The summed E-state index contributed by atoms with van der Waals surface area (Å²) in [6.07, 6.45) is 2.66. The largest absolute Gasteiger partial charge is 0.459 e.